The van der Waals surface area contributed by atoms with Crippen molar-refractivity contribution in [2.45, 2.75) is 38.9 Å². The molecule has 0 amide bonds. The van der Waals surface area contributed by atoms with E-state index in [2.05, 4.69) is 5.32 Å². The fourth-order valence-corrected chi connectivity index (χ4v) is 1.03. The molecule has 0 fully saturated rings. The van der Waals surface area contributed by atoms with Gasteiger partial charge in [-0.05, 0) is 27.8 Å². The lowest BCUT2D eigenvalue weighted by atomic mass is 10.2. The highest BCUT2D eigenvalue weighted by Gasteiger charge is 2.19. The molecule has 1 atom stereocenters. The van der Waals surface area contributed by atoms with Gasteiger partial charge in [-0.2, -0.15) is 0 Å². The van der Waals surface area contributed by atoms with Gasteiger partial charge in [0.15, 0.2) is 0 Å². The molecule has 0 rings (SSSR count). The Bertz CT molecular complexity index is 201. The number of hydrogen-bond acceptors (Lipinski definition) is 5. The van der Waals surface area contributed by atoms with Crippen molar-refractivity contribution < 1.29 is 19.4 Å². The van der Waals surface area contributed by atoms with Crippen LogP contribution in [0.15, 0.2) is 0 Å². The molecule has 0 bridgehead atoms. The summed E-state index contributed by atoms with van der Waals surface area (Å²) < 4.78 is 10.2. The van der Waals surface area contributed by atoms with Crippen LogP contribution >= 0.6 is 0 Å². The molecule has 0 heterocycles. The summed E-state index contributed by atoms with van der Waals surface area (Å²) in [7, 11) is 1.82. The average Bonchev–Trinajstić information content (AvgIpc) is 2.09. The second-order valence-corrected chi connectivity index (χ2v) is 4.62. The maximum atomic E-state index is 11.3. The Morgan fingerprint density at radius 3 is 2.56 bits per heavy atom. The fraction of sp³-hybridized carbons (Fsp3) is 0.909. The molecule has 0 aromatic carbocycles. The van der Waals surface area contributed by atoms with Gasteiger partial charge in [0, 0.05) is 6.54 Å². The van der Waals surface area contributed by atoms with Crippen LogP contribution in [0.3, 0.4) is 0 Å². The van der Waals surface area contributed by atoms with Gasteiger partial charge >= 0.3 is 5.97 Å². The highest BCUT2D eigenvalue weighted by atomic mass is 16.6. The van der Waals surface area contributed by atoms with Crippen molar-refractivity contribution in [2.75, 3.05) is 26.8 Å². The molecule has 1 unspecified atom stereocenters. The van der Waals surface area contributed by atoms with E-state index in [1.54, 1.807) is 20.8 Å². The van der Waals surface area contributed by atoms with Crippen LogP contribution in [0.1, 0.15) is 27.2 Å². The number of nitrogens with one attached hydrogen (secondary N) is 1. The molecule has 0 saturated heterocycles. The molecule has 0 aromatic rings. The SMILES string of the molecule is CNCCOCC(O)CC(=O)OC(C)(C)C. The van der Waals surface area contributed by atoms with E-state index < -0.39 is 17.7 Å². The van der Waals surface area contributed by atoms with E-state index in [1.807, 2.05) is 7.05 Å². The monoisotopic (exact) mass is 233 g/mol. The summed E-state index contributed by atoms with van der Waals surface area (Å²) in [5, 5.41) is 12.4. The lowest BCUT2D eigenvalue weighted by Gasteiger charge is -2.20. The molecule has 5 heteroatoms. The minimum Gasteiger partial charge on any atom is -0.460 e. The largest absolute Gasteiger partial charge is 0.460 e. The number of hydrogen-bond donors (Lipinski definition) is 2. The quantitative estimate of drug-likeness (QED) is 0.489. The van der Waals surface area contributed by atoms with Crippen LogP contribution < -0.4 is 5.32 Å². The van der Waals surface area contributed by atoms with E-state index >= 15 is 0 Å². The Kier molecular flexibility index (Phi) is 7.29. The van der Waals surface area contributed by atoms with Gasteiger partial charge < -0.3 is 19.9 Å². The van der Waals surface area contributed by atoms with Crippen LogP contribution in [0, 0.1) is 0 Å². The number of esters is 1. The van der Waals surface area contributed by atoms with Crippen molar-refractivity contribution in [3.05, 3.63) is 0 Å². The summed E-state index contributed by atoms with van der Waals surface area (Å²) in [5.41, 5.74) is -0.510. The predicted octanol–water partition coefficient (Wildman–Crippen LogP) is 0.315. The zero-order valence-corrected chi connectivity index (χ0v) is 10.6. The zero-order chi connectivity index (χ0) is 12.6. The van der Waals surface area contributed by atoms with Gasteiger partial charge in [-0.25, -0.2) is 0 Å². The van der Waals surface area contributed by atoms with E-state index in [4.69, 9.17) is 9.47 Å². The summed E-state index contributed by atoms with van der Waals surface area (Å²) >= 11 is 0. The summed E-state index contributed by atoms with van der Waals surface area (Å²) in [4.78, 5) is 11.3. The molecule has 2 N–H and O–H groups in total. The summed E-state index contributed by atoms with van der Waals surface area (Å²) in [6.45, 7) is 6.77. The maximum Gasteiger partial charge on any atom is 0.309 e. The molecular weight excluding hydrogens is 210 g/mol. The van der Waals surface area contributed by atoms with Gasteiger partial charge in [0.1, 0.15) is 5.60 Å². The van der Waals surface area contributed by atoms with Crippen LogP contribution in [-0.4, -0.2) is 49.6 Å². The van der Waals surface area contributed by atoms with Crippen LogP contribution in [0.25, 0.3) is 0 Å². The third-order valence-corrected chi connectivity index (χ3v) is 1.63. The highest BCUT2D eigenvalue weighted by Crippen LogP contribution is 2.09. The molecule has 0 spiro atoms. The molecule has 0 saturated carbocycles. The maximum absolute atomic E-state index is 11.3. The van der Waals surface area contributed by atoms with E-state index in [1.165, 1.54) is 0 Å². The van der Waals surface area contributed by atoms with Crippen LogP contribution in [0.2, 0.25) is 0 Å². The third-order valence-electron chi connectivity index (χ3n) is 1.63. The second kappa shape index (κ2) is 7.60. The summed E-state index contributed by atoms with van der Waals surface area (Å²) in [5.74, 6) is -0.405. The van der Waals surface area contributed by atoms with Crippen LogP contribution in [0.5, 0.6) is 0 Å². The van der Waals surface area contributed by atoms with Crippen molar-refractivity contribution >= 4 is 5.97 Å². The van der Waals surface area contributed by atoms with Crippen molar-refractivity contribution in [3.63, 3.8) is 0 Å². The lowest BCUT2D eigenvalue weighted by Crippen LogP contribution is -2.28. The minimum absolute atomic E-state index is 0.0309. The number of rotatable bonds is 7. The van der Waals surface area contributed by atoms with Crippen LogP contribution in [0.4, 0.5) is 0 Å². The zero-order valence-electron chi connectivity index (χ0n) is 10.6. The van der Waals surface area contributed by atoms with Gasteiger partial charge in [-0.1, -0.05) is 0 Å². The van der Waals surface area contributed by atoms with E-state index in [0.29, 0.717) is 6.61 Å². The normalized spacial score (nSPS) is 13.6. The molecule has 96 valence electrons. The first-order valence-corrected chi connectivity index (χ1v) is 5.47. The molecule has 16 heavy (non-hydrogen) atoms. The molecule has 5 nitrogen and oxygen atoms in total. The van der Waals surface area contributed by atoms with Crippen molar-refractivity contribution in [3.8, 4) is 0 Å². The van der Waals surface area contributed by atoms with Crippen molar-refractivity contribution in [1.82, 2.24) is 5.32 Å². The minimum atomic E-state index is -0.799. The molecule has 0 aliphatic heterocycles. The Hall–Kier alpha value is -0.650. The first-order chi connectivity index (χ1) is 7.35. The first-order valence-electron chi connectivity index (χ1n) is 5.47. The molecule has 0 aliphatic carbocycles. The number of aliphatic hydroxyl groups is 1. The topological polar surface area (TPSA) is 67.8 Å². The van der Waals surface area contributed by atoms with Crippen molar-refractivity contribution in [1.29, 1.82) is 0 Å². The van der Waals surface area contributed by atoms with Gasteiger partial charge in [-0.15, -0.1) is 0 Å². The van der Waals surface area contributed by atoms with E-state index in [9.17, 15) is 9.90 Å². The molecule has 0 radical (unpaired) electrons. The van der Waals surface area contributed by atoms with Gasteiger partial charge in [-0.3, -0.25) is 4.79 Å². The summed E-state index contributed by atoms with van der Waals surface area (Å²) in [6.07, 6.45) is -0.830. The highest BCUT2D eigenvalue weighted by molar-refractivity contribution is 5.70. The van der Waals surface area contributed by atoms with Crippen LogP contribution in [-0.2, 0) is 14.3 Å². The Labute approximate surface area is 97.1 Å². The van der Waals surface area contributed by atoms with Gasteiger partial charge in [0.05, 0.1) is 25.7 Å². The third kappa shape index (κ3) is 9.89. The number of ether oxygens (including phenoxy) is 2. The van der Waals surface area contributed by atoms with Gasteiger partial charge in [0.2, 0.25) is 0 Å². The number of carbonyl (C=O) groups is 1. The summed E-state index contributed by atoms with van der Waals surface area (Å²) in [6, 6.07) is 0. The first kappa shape index (κ1) is 15.3. The standard InChI is InChI=1S/C11H23NO4/c1-11(2,3)16-10(14)7-9(13)8-15-6-5-12-4/h9,12-13H,5-8H2,1-4H3. The Morgan fingerprint density at radius 1 is 1.44 bits per heavy atom. The van der Waals surface area contributed by atoms with Crippen molar-refractivity contribution in [2.24, 2.45) is 0 Å². The second-order valence-electron chi connectivity index (χ2n) is 4.62. The van der Waals surface area contributed by atoms with E-state index in [0.717, 1.165) is 6.54 Å². The number of aliphatic hydroxyl groups excluding tert-OH is 1. The Morgan fingerprint density at radius 2 is 2.06 bits per heavy atom. The average molecular weight is 233 g/mol. The molecule has 0 aromatic heterocycles. The fourth-order valence-electron chi connectivity index (χ4n) is 1.03. The lowest BCUT2D eigenvalue weighted by molar-refractivity contribution is -0.157. The predicted molar refractivity (Wildman–Crippen MR) is 61.2 cm³/mol. The van der Waals surface area contributed by atoms with E-state index in [-0.39, 0.29) is 13.0 Å². The number of likely N-dealkylation sites (N-methyl/N-ethyl adjacent to an activating group) is 1. The molecular formula is C11H23NO4. The molecule has 0 aliphatic rings. The Balaban J connectivity index is 3.62. The smallest absolute Gasteiger partial charge is 0.309 e. The van der Waals surface area contributed by atoms with Gasteiger partial charge in [0.25, 0.3) is 0 Å². The number of carbonyl (C=O) groups excluding carboxylic acids is 1.